The number of amides is 1. The van der Waals surface area contributed by atoms with E-state index in [0.29, 0.717) is 32.5 Å². The molecule has 0 aromatic rings. The van der Waals surface area contributed by atoms with Gasteiger partial charge >= 0.3 is 5.97 Å². The molecule has 3 N–H and O–H groups in total. The van der Waals surface area contributed by atoms with Crippen molar-refractivity contribution in [2.75, 3.05) is 19.6 Å². The highest BCUT2D eigenvalue weighted by molar-refractivity contribution is 5.83. The molecule has 2 fully saturated rings. The predicted molar refractivity (Wildman–Crippen MR) is 66.9 cm³/mol. The highest BCUT2D eigenvalue weighted by Gasteiger charge is 2.43. The van der Waals surface area contributed by atoms with E-state index >= 15 is 0 Å². The summed E-state index contributed by atoms with van der Waals surface area (Å²) in [4.78, 5) is 25.2. The number of nitrogens with two attached hydrogens (primary N) is 1. The molecule has 2 rings (SSSR count). The van der Waals surface area contributed by atoms with Crippen molar-refractivity contribution in [2.45, 2.75) is 38.5 Å². The van der Waals surface area contributed by atoms with Crippen LogP contribution < -0.4 is 5.73 Å². The van der Waals surface area contributed by atoms with Crippen molar-refractivity contribution in [3.8, 4) is 0 Å². The van der Waals surface area contributed by atoms with E-state index in [-0.39, 0.29) is 17.2 Å². The number of hydrogen-bond donors (Lipinski definition) is 2. The third-order valence-electron chi connectivity index (χ3n) is 4.54. The summed E-state index contributed by atoms with van der Waals surface area (Å²) in [5.74, 6) is -0.866. The standard InChI is InChI=1S/C13H22N2O3/c14-9-13(5-1-2-6-13)12(18)15-7-3-10(4-8-15)11(16)17/h10H,1-9,14H2,(H,16,17). The SMILES string of the molecule is NCC1(C(=O)N2CCC(C(=O)O)CC2)CCCC1. The third kappa shape index (κ3) is 2.36. The Morgan fingerprint density at radius 2 is 1.78 bits per heavy atom. The first-order chi connectivity index (χ1) is 8.59. The molecule has 0 atom stereocenters. The second kappa shape index (κ2) is 5.26. The van der Waals surface area contributed by atoms with Crippen LogP contribution in [0.2, 0.25) is 0 Å². The molecule has 1 saturated carbocycles. The van der Waals surface area contributed by atoms with Gasteiger partial charge in [-0.1, -0.05) is 12.8 Å². The topological polar surface area (TPSA) is 83.6 Å². The van der Waals surface area contributed by atoms with Gasteiger partial charge in [-0.05, 0) is 25.7 Å². The average Bonchev–Trinajstić information content (AvgIpc) is 2.88. The Kier molecular flexibility index (Phi) is 3.90. The van der Waals surface area contributed by atoms with E-state index < -0.39 is 5.97 Å². The van der Waals surface area contributed by atoms with Crippen LogP contribution in [0.25, 0.3) is 0 Å². The molecule has 5 heteroatoms. The van der Waals surface area contributed by atoms with Crippen LogP contribution in [0, 0.1) is 11.3 Å². The van der Waals surface area contributed by atoms with Crippen molar-refractivity contribution in [1.82, 2.24) is 4.90 Å². The van der Waals surface area contributed by atoms with Crippen LogP contribution in [0.1, 0.15) is 38.5 Å². The Balaban J connectivity index is 1.96. The van der Waals surface area contributed by atoms with E-state index in [2.05, 4.69) is 0 Å². The lowest BCUT2D eigenvalue weighted by atomic mass is 9.83. The Hall–Kier alpha value is -1.10. The van der Waals surface area contributed by atoms with E-state index in [1.807, 2.05) is 4.90 Å². The van der Waals surface area contributed by atoms with Gasteiger partial charge in [0.2, 0.25) is 5.91 Å². The number of carboxylic acid groups (broad SMARTS) is 1. The maximum atomic E-state index is 12.5. The maximum Gasteiger partial charge on any atom is 0.306 e. The third-order valence-corrected chi connectivity index (χ3v) is 4.54. The highest BCUT2D eigenvalue weighted by atomic mass is 16.4. The summed E-state index contributed by atoms with van der Waals surface area (Å²) in [6.07, 6.45) is 5.08. The molecule has 1 amide bonds. The fourth-order valence-electron chi connectivity index (χ4n) is 3.22. The first-order valence-electron chi connectivity index (χ1n) is 6.81. The zero-order chi connectivity index (χ0) is 13.2. The monoisotopic (exact) mass is 254 g/mol. The fraction of sp³-hybridized carbons (Fsp3) is 0.846. The number of carboxylic acids is 1. The van der Waals surface area contributed by atoms with E-state index in [4.69, 9.17) is 10.8 Å². The molecule has 0 aromatic carbocycles. The first-order valence-corrected chi connectivity index (χ1v) is 6.81. The molecule has 5 nitrogen and oxygen atoms in total. The largest absolute Gasteiger partial charge is 0.481 e. The van der Waals surface area contributed by atoms with Crippen molar-refractivity contribution >= 4 is 11.9 Å². The summed E-state index contributed by atoms with van der Waals surface area (Å²) >= 11 is 0. The number of piperidine rings is 1. The van der Waals surface area contributed by atoms with Crippen LogP contribution >= 0.6 is 0 Å². The lowest BCUT2D eigenvalue weighted by Crippen LogP contribution is -2.49. The molecule has 18 heavy (non-hydrogen) atoms. The normalized spacial score (nSPS) is 24.2. The molecule has 0 unspecified atom stereocenters. The van der Waals surface area contributed by atoms with Crippen LogP contribution in [0.15, 0.2) is 0 Å². The van der Waals surface area contributed by atoms with Crippen LogP contribution in [-0.2, 0) is 9.59 Å². The second-order valence-corrected chi connectivity index (χ2v) is 5.60. The van der Waals surface area contributed by atoms with Crippen LogP contribution in [0.4, 0.5) is 0 Å². The van der Waals surface area contributed by atoms with Gasteiger partial charge in [-0.25, -0.2) is 0 Å². The number of aliphatic carboxylic acids is 1. The molecule has 1 heterocycles. The van der Waals surface area contributed by atoms with Crippen molar-refractivity contribution in [3.05, 3.63) is 0 Å². The first kappa shape index (κ1) is 13.3. The smallest absolute Gasteiger partial charge is 0.306 e. The molecule has 102 valence electrons. The number of nitrogens with zero attached hydrogens (tertiary/aromatic N) is 1. The Labute approximate surface area is 107 Å². The van der Waals surface area contributed by atoms with Gasteiger partial charge in [-0.3, -0.25) is 9.59 Å². The maximum absolute atomic E-state index is 12.5. The van der Waals surface area contributed by atoms with E-state index in [1.165, 1.54) is 0 Å². The van der Waals surface area contributed by atoms with Crippen LogP contribution in [0.3, 0.4) is 0 Å². The number of likely N-dealkylation sites (tertiary alicyclic amines) is 1. The Bertz CT molecular complexity index is 329. The zero-order valence-electron chi connectivity index (χ0n) is 10.7. The molecule has 1 aliphatic heterocycles. The van der Waals surface area contributed by atoms with E-state index in [0.717, 1.165) is 25.7 Å². The van der Waals surface area contributed by atoms with Crippen LogP contribution in [-0.4, -0.2) is 41.5 Å². The molecule has 2 aliphatic rings. The highest BCUT2D eigenvalue weighted by Crippen LogP contribution is 2.39. The van der Waals surface area contributed by atoms with Gasteiger partial charge in [0.25, 0.3) is 0 Å². The summed E-state index contributed by atoms with van der Waals surface area (Å²) in [7, 11) is 0. The van der Waals surface area contributed by atoms with E-state index in [9.17, 15) is 9.59 Å². The zero-order valence-corrected chi connectivity index (χ0v) is 10.7. The summed E-state index contributed by atoms with van der Waals surface area (Å²) in [6, 6.07) is 0. The molecule has 0 spiro atoms. The second-order valence-electron chi connectivity index (χ2n) is 5.60. The van der Waals surface area contributed by atoms with Crippen molar-refractivity contribution in [2.24, 2.45) is 17.1 Å². The molecule has 1 saturated heterocycles. The minimum atomic E-state index is -0.739. The molecule has 1 aliphatic carbocycles. The van der Waals surface area contributed by atoms with E-state index in [1.54, 1.807) is 0 Å². The Morgan fingerprint density at radius 3 is 2.22 bits per heavy atom. The number of carbonyl (C=O) groups excluding carboxylic acids is 1. The summed E-state index contributed by atoms with van der Waals surface area (Å²) < 4.78 is 0. The van der Waals surface area contributed by atoms with Crippen LogP contribution in [0.5, 0.6) is 0 Å². The molecular weight excluding hydrogens is 232 g/mol. The van der Waals surface area contributed by atoms with Gasteiger partial charge in [0.05, 0.1) is 11.3 Å². The fourth-order valence-corrected chi connectivity index (χ4v) is 3.22. The van der Waals surface area contributed by atoms with Gasteiger partial charge in [-0.2, -0.15) is 0 Å². The predicted octanol–water partition coefficient (Wildman–Crippen LogP) is 0.829. The minimum absolute atomic E-state index is 0.159. The molecule has 0 bridgehead atoms. The van der Waals surface area contributed by atoms with Gasteiger partial charge in [-0.15, -0.1) is 0 Å². The lowest BCUT2D eigenvalue weighted by Gasteiger charge is -2.37. The van der Waals surface area contributed by atoms with Gasteiger partial charge in [0.15, 0.2) is 0 Å². The summed E-state index contributed by atoms with van der Waals surface area (Å²) in [6.45, 7) is 1.56. The minimum Gasteiger partial charge on any atom is -0.481 e. The summed E-state index contributed by atoms with van der Waals surface area (Å²) in [5, 5.41) is 8.95. The lowest BCUT2D eigenvalue weighted by molar-refractivity contribution is -0.149. The van der Waals surface area contributed by atoms with Gasteiger partial charge < -0.3 is 15.7 Å². The van der Waals surface area contributed by atoms with Gasteiger partial charge in [0, 0.05) is 19.6 Å². The van der Waals surface area contributed by atoms with Crippen molar-refractivity contribution in [1.29, 1.82) is 0 Å². The van der Waals surface area contributed by atoms with Crippen molar-refractivity contribution in [3.63, 3.8) is 0 Å². The summed E-state index contributed by atoms with van der Waals surface area (Å²) in [5.41, 5.74) is 5.46. The molecule has 0 radical (unpaired) electrons. The van der Waals surface area contributed by atoms with Gasteiger partial charge in [0.1, 0.15) is 0 Å². The quantitative estimate of drug-likeness (QED) is 0.781. The van der Waals surface area contributed by atoms with Crippen molar-refractivity contribution < 1.29 is 14.7 Å². The molecular formula is C13H22N2O3. The number of rotatable bonds is 3. The number of hydrogen-bond acceptors (Lipinski definition) is 3. The number of carbonyl (C=O) groups is 2. The Morgan fingerprint density at radius 1 is 1.22 bits per heavy atom. The molecule has 0 aromatic heterocycles. The average molecular weight is 254 g/mol.